The summed E-state index contributed by atoms with van der Waals surface area (Å²) in [5.74, 6) is -0.0850. The maximum absolute atomic E-state index is 12.8. The molecule has 2 saturated heterocycles. The van der Waals surface area contributed by atoms with Gasteiger partial charge in [-0.3, -0.25) is 19.5 Å². The van der Waals surface area contributed by atoms with Crippen LogP contribution in [0.1, 0.15) is 81.1 Å². The van der Waals surface area contributed by atoms with Gasteiger partial charge in [0.25, 0.3) is 0 Å². The van der Waals surface area contributed by atoms with Crippen LogP contribution in [0.5, 0.6) is 0 Å². The van der Waals surface area contributed by atoms with Crippen molar-refractivity contribution in [2.24, 2.45) is 0 Å². The Morgan fingerprint density at radius 2 is 1.18 bits per heavy atom. The number of esters is 1. The molecule has 0 aromatic heterocycles. The summed E-state index contributed by atoms with van der Waals surface area (Å²) in [5.41, 5.74) is 0.292. The number of carbonyl (C=O) groups excluding carboxylic acids is 1. The van der Waals surface area contributed by atoms with Crippen molar-refractivity contribution in [2.75, 3.05) is 27.7 Å². The van der Waals surface area contributed by atoms with E-state index in [0.29, 0.717) is 12.6 Å². The zero-order valence-corrected chi connectivity index (χ0v) is 20.3. The van der Waals surface area contributed by atoms with E-state index in [4.69, 9.17) is 4.74 Å². The van der Waals surface area contributed by atoms with Crippen molar-refractivity contribution < 1.29 is 9.53 Å². The van der Waals surface area contributed by atoms with E-state index < -0.39 is 0 Å². The molecule has 28 heavy (non-hydrogen) atoms. The molecule has 2 heterocycles. The summed E-state index contributed by atoms with van der Waals surface area (Å²) < 4.78 is 5.98. The fraction of sp³-hybridized carbons (Fsp3) is 0.957. The van der Waals surface area contributed by atoms with Gasteiger partial charge in [-0.15, -0.1) is 0 Å². The van der Waals surface area contributed by atoms with Gasteiger partial charge in [0.2, 0.25) is 0 Å². The van der Waals surface area contributed by atoms with Crippen LogP contribution in [0.2, 0.25) is 0 Å². The van der Waals surface area contributed by atoms with Crippen LogP contribution in [0.3, 0.4) is 0 Å². The van der Waals surface area contributed by atoms with Gasteiger partial charge in [0.1, 0.15) is 6.10 Å². The third-order valence-electron chi connectivity index (χ3n) is 7.86. The molecule has 0 aromatic carbocycles. The van der Waals surface area contributed by atoms with Crippen LogP contribution in [0.25, 0.3) is 0 Å². The van der Waals surface area contributed by atoms with Gasteiger partial charge in [-0.1, -0.05) is 0 Å². The van der Waals surface area contributed by atoms with Gasteiger partial charge in [0.15, 0.2) is 0 Å². The molecule has 0 amide bonds. The van der Waals surface area contributed by atoms with Gasteiger partial charge >= 0.3 is 5.97 Å². The monoisotopic (exact) mass is 395 g/mol. The van der Waals surface area contributed by atoms with Crippen LogP contribution in [0.4, 0.5) is 0 Å². The lowest BCUT2D eigenvalue weighted by molar-refractivity contribution is -0.161. The zero-order chi connectivity index (χ0) is 21.7. The van der Waals surface area contributed by atoms with E-state index in [2.05, 4.69) is 91.2 Å². The Morgan fingerprint density at radius 3 is 1.57 bits per heavy atom. The second-order valence-electron chi connectivity index (χ2n) is 11.9. The third kappa shape index (κ3) is 4.91. The second kappa shape index (κ2) is 7.55. The van der Waals surface area contributed by atoms with E-state index in [9.17, 15) is 4.79 Å². The minimum absolute atomic E-state index is 0.00697. The number of carbonyl (C=O) groups is 1. The molecular weight excluding hydrogens is 350 g/mol. The average molecular weight is 396 g/mol. The first kappa shape index (κ1) is 23.6. The Morgan fingerprint density at radius 1 is 0.821 bits per heavy atom. The van der Waals surface area contributed by atoms with E-state index in [0.717, 1.165) is 25.7 Å². The number of piperidine rings is 2. The van der Waals surface area contributed by atoms with E-state index in [1.54, 1.807) is 0 Å². The summed E-state index contributed by atoms with van der Waals surface area (Å²) in [6.07, 6.45) is 3.89. The molecule has 164 valence electrons. The first-order chi connectivity index (χ1) is 12.5. The van der Waals surface area contributed by atoms with Crippen molar-refractivity contribution in [3.05, 3.63) is 0 Å². The molecule has 0 N–H and O–H groups in total. The van der Waals surface area contributed by atoms with Gasteiger partial charge in [-0.25, -0.2) is 0 Å². The summed E-state index contributed by atoms with van der Waals surface area (Å²) in [5, 5.41) is 0. The highest BCUT2D eigenvalue weighted by molar-refractivity contribution is 5.72. The van der Waals surface area contributed by atoms with Crippen molar-refractivity contribution in [1.82, 2.24) is 14.7 Å². The Bertz CT molecular complexity index is 546. The highest BCUT2D eigenvalue weighted by atomic mass is 16.5. The quantitative estimate of drug-likeness (QED) is 0.677. The summed E-state index contributed by atoms with van der Waals surface area (Å²) in [7, 11) is 6.47. The number of likely N-dealkylation sites (tertiary alicyclic amines) is 2. The van der Waals surface area contributed by atoms with Crippen LogP contribution in [-0.4, -0.2) is 82.7 Å². The molecule has 0 bridgehead atoms. The number of hydrogen-bond donors (Lipinski definition) is 0. The fourth-order valence-corrected chi connectivity index (χ4v) is 5.55. The molecule has 0 atom stereocenters. The van der Waals surface area contributed by atoms with Crippen LogP contribution >= 0.6 is 0 Å². The predicted molar refractivity (Wildman–Crippen MR) is 117 cm³/mol. The lowest BCUT2D eigenvalue weighted by Crippen LogP contribution is -2.62. The van der Waals surface area contributed by atoms with Crippen molar-refractivity contribution in [3.63, 3.8) is 0 Å². The summed E-state index contributed by atoms with van der Waals surface area (Å²) in [6, 6.07) is 0.388. The molecule has 0 saturated carbocycles. The largest absolute Gasteiger partial charge is 0.461 e. The molecule has 2 aliphatic heterocycles. The highest BCUT2D eigenvalue weighted by Crippen LogP contribution is 2.39. The predicted octanol–water partition coefficient (Wildman–Crippen LogP) is 3.76. The van der Waals surface area contributed by atoms with Gasteiger partial charge < -0.3 is 4.74 Å². The van der Waals surface area contributed by atoms with Gasteiger partial charge in [0, 0.05) is 41.0 Å². The van der Waals surface area contributed by atoms with Crippen LogP contribution in [-0.2, 0) is 9.53 Å². The molecule has 5 heteroatoms. The standard InChI is InChI=1S/C23H45N3O2/c1-20(2)12-17(13-21(3,4)25(20)10)24(9)16-19(27)28-18-14-22(5,6)26(11)23(7,8)15-18/h17-18H,12-16H2,1-11H3. The topological polar surface area (TPSA) is 36.0 Å². The molecular formula is C23H45N3O2. The maximum Gasteiger partial charge on any atom is 0.320 e. The highest BCUT2D eigenvalue weighted by Gasteiger charge is 2.46. The lowest BCUT2D eigenvalue weighted by Gasteiger charge is -2.55. The number of nitrogens with zero attached hydrogens (tertiary/aromatic N) is 3. The van der Waals surface area contributed by atoms with Gasteiger partial charge in [0.05, 0.1) is 6.54 Å². The van der Waals surface area contributed by atoms with E-state index >= 15 is 0 Å². The van der Waals surface area contributed by atoms with Crippen molar-refractivity contribution >= 4 is 5.97 Å². The van der Waals surface area contributed by atoms with Gasteiger partial charge in [-0.2, -0.15) is 0 Å². The van der Waals surface area contributed by atoms with Crippen LogP contribution in [0, 0.1) is 0 Å². The van der Waals surface area contributed by atoms with Gasteiger partial charge in [-0.05, 0) is 89.4 Å². The fourth-order valence-electron chi connectivity index (χ4n) is 5.55. The summed E-state index contributed by atoms with van der Waals surface area (Å²) in [6.45, 7) is 18.5. The number of ether oxygens (including phenoxy) is 1. The first-order valence-corrected chi connectivity index (χ1v) is 10.9. The minimum atomic E-state index is -0.0850. The Kier molecular flexibility index (Phi) is 6.37. The van der Waals surface area contributed by atoms with Crippen molar-refractivity contribution in [1.29, 1.82) is 0 Å². The second-order valence-corrected chi connectivity index (χ2v) is 11.9. The van der Waals surface area contributed by atoms with E-state index in [1.807, 2.05) is 0 Å². The number of hydrogen-bond acceptors (Lipinski definition) is 5. The molecule has 0 radical (unpaired) electrons. The third-order valence-corrected chi connectivity index (χ3v) is 7.86. The van der Waals surface area contributed by atoms with Crippen molar-refractivity contribution in [3.8, 4) is 0 Å². The molecule has 0 aromatic rings. The molecule has 2 fully saturated rings. The molecule has 5 nitrogen and oxygen atoms in total. The van der Waals surface area contributed by atoms with E-state index in [1.165, 1.54) is 0 Å². The zero-order valence-electron chi connectivity index (χ0n) is 20.3. The normalized spacial score (nSPS) is 28.4. The SMILES string of the molecule is CN(CC(=O)OC1CC(C)(C)N(C)C(C)(C)C1)C1CC(C)(C)N(C)C(C)(C)C1. The Balaban J connectivity index is 1.98. The van der Waals surface area contributed by atoms with Crippen LogP contribution < -0.4 is 0 Å². The molecule has 0 unspecified atom stereocenters. The van der Waals surface area contributed by atoms with E-state index in [-0.39, 0.29) is 34.2 Å². The molecule has 0 aliphatic carbocycles. The lowest BCUT2D eigenvalue weighted by atomic mass is 9.77. The molecule has 2 rings (SSSR count). The summed E-state index contributed by atoms with van der Waals surface area (Å²) >= 11 is 0. The number of likely N-dealkylation sites (N-methyl/N-ethyl adjacent to an activating group) is 1. The average Bonchev–Trinajstić information content (AvgIpc) is 2.48. The minimum Gasteiger partial charge on any atom is -0.461 e. The molecule has 0 spiro atoms. The Labute approximate surface area is 173 Å². The van der Waals surface area contributed by atoms with Crippen LogP contribution in [0.15, 0.2) is 0 Å². The first-order valence-electron chi connectivity index (χ1n) is 10.9. The Hall–Kier alpha value is -0.650. The molecule has 2 aliphatic rings. The smallest absolute Gasteiger partial charge is 0.320 e. The number of rotatable bonds is 4. The van der Waals surface area contributed by atoms with Crippen molar-refractivity contribution in [2.45, 2.75) is 115 Å². The summed E-state index contributed by atoms with van der Waals surface area (Å²) in [4.78, 5) is 19.9. The maximum atomic E-state index is 12.8.